The fourth-order valence-electron chi connectivity index (χ4n) is 1.53. The molecule has 2 nitrogen and oxygen atoms in total. The van der Waals surface area contributed by atoms with Crippen molar-refractivity contribution < 1.29 is 4.79 Å². The van der Waals surface area contributed by atoms with Gasteiger partial charge in [0.2, 0.25) is 5.91 Å². The van der Waals surface area contributed by atoms with E-state index in [0.717, 1.165) is 5.56 Å². The molecule has 0 unspecified atom stereocenters. The molecule has 0 bridgehead atoms. The Kier molecular flexibility index (Phi) is 5.07. The van der Waals surface area contributed by atoms with Crippen LogP contribution >= 0.6 is 34.8 Å². The summed E-state index contributed by atoms with van der Waals surface area (Å²) >= 11 is 17.7. The van der Waals surface area contributed by atoms with Gasteiger partial charge < -0.3 is 5.32 Å². The monoisotopic (exact) mass is 325 g/mol. The minimum absolute atomic E-state index is 0.275. The Bertz CT molecular complexity index is 668. The van der Waals surface area contributed by atoms with Crippen LogP contribution in [-0.2, 0) is 4.79 Å². The second kappa shape index (κ2) is 6.80. The Morgan fingerprint density at radius 1 is 0.950 bits per heavy atom. The van der Waals surface area contributed by atoms with Gasteiger partial charge in [-0.05, 0) is 35.9 Å². The molecular formula is C15H10Cl3NO. The van der Waals surface area contributed by atoms with Crippen LogP contribution < -0.4 is 5.32 Å². The van der Waals surface area contributed by atoms with Crippen LogP contribution in [0, 0.1) is 0 Å². The van der Waals surface area contributed by atoms with Crippen LogP contribution in [0.4, 0.5) is 5.69 Å². The molecule has 0 aliphatic heterocycles. The Morgan fingerprint density at radius 3 is 2.40 bits per heavy atom. The molecule has 0 saturated heterocycles. The predicted octanol–water partition coefficient (Wildman–Crippen LogP) is 5.30. The summed E-state index contributed by atoms with van der Waals surface area (Å²) in [5, 5.41) is 4.11. The number of carbonyl (C=O) groups excluding carboxylic acids is 1. The van der Waals surface area contributed by atoms with Gasteiger partial charge in [-0.25, -0.2) is 0 Å². The van der Waals surface area contributed by atoms with E-state index in [-0.39, 0.29) is 5.91 Å². The molecule has 0 spiro atoms. The van der Waals surface area contributed by atoms with Crippen LogP contribution in [0.15, 0.2) is 48.5 Å². The van der Waals surface area contributed by atoms with Gasteiger partial charge in [0.05, 0.1) is 10.0 Å². The molecule has 0 heterocycles. The van der Waals surface area contributed by atoms with Crippen molar-refractivity contribution in [2.24, 2.45) is 0 Å². The van der Waals surface area contributed by atoms with Gasteiger partial charge >= 0.3 is 0 Å². The molecule has 5 heteroatoms. The lowest BCUT2D eigenvalue weighted by Crippen LogP contribution is -2.07. The van der Waals surface area contributed by atoms with Gasteiger partial charge in [0.25, 0.3) is 0 Å². The molecule has 1 N–H and O–H groups in total. The highest BCUT2D eigenvalue weighted by atomic mass is 35.5. The van der Waals surface area contributed by atoms with Crippen molar-refractivity contribution in [3.05, 3.63) is 69.2 Å². The number of rotatable bonds is 3. The summed E-state index contributed by atoms with van der Waals surface area (Å²) in [4.78, 5) is 11.8. The minimum atomic E-state index is -0.275. The number of carbonyl (C=O) groups is 1. The molecule has 2 aromatic rings. The van der Waals surface area contributed by atoms with Crippen molar-refractivity contribution in [1.29, 1.82) is 0 Å². The third-order valence-electron chi connectivity index (χ3n) is 2.51. The summed E-state index contributed by atoms with van der Waals surface area (Å²) < 4.78 is 0. The summed E-state index contributed by atoms with van der Waals surface area (Å²) in [7, 11) is 0. The third kappa shape index (κ3) is 4.01. The Balaban J connectivity index is 2.06. The summed E-state index contributed by atoms with van der Waals surface area (Å²) in [6, 6.07) is 12.2. The lowest BCUT2D eigenvalue weighted by molar-refractivity contribution is -0.111. The van der Waals surface area contributed by atoms with Crippen molar-refractivity contribution in [2.75, 3.05) is 5.32 Å². The maximum absolute atomic E-state index is 11.8. The average molecular weight is 327 g/mol. The van der Waals surface area contributed by atoms with Crippen LogP contribution in [0.3, 0.4) is 0 Å². The number of benzene rings is 2. The number of halogens is 3. The van der Waals surface area contributed by atoms with E-state index < -0.39 is 0 Å². The summed E-state index contributed by atoms with van der Waals surface area (Å²) in [5.74, 6) is -0.275. The van der Waals surface area contributed by atoms with Gasteiger partial charge in [-0.1, -0.05) is 53.0 Å². The Hall–Kier alpha value is -1.48. The van der Waals surface area contributed by atoms with E-state index in [1.165, 1.54) is 6.08 Å². The molecule has 2 aromatic carbocycles. The first-order valence-corrected chi connectivity index (χ1v) is 6.88. The molecule has 0 saturated carbocycles. The molecule has 0 radical (unpaired) electrons. The van der Waals surface area contributed by atoms with Crippen LogP contribution in [0.2, 0.25) is 15.1 Å². The highest BCUT2D eigenvalue weighted by Crippen LogP contribution is 2.25. The molecule has 0 atom stereocenters. The summed E-state index contributed by atoms with van der Waals surface area (Å²) in [6.07, 6.45) is 3.05. The lowest BCUT2D eigenvalue weighted by Gasteiger charge is -2.03. The standard InChI is InChI=1S/C15H10Cl3NO/c16-12-4-2-1-3-10(12)5-8-15(20)19-11-6-7-13(17)14(18)9-11/h1-9H,(H,19,20)/b8-5+. The average Bonchev–Trinajstić information content (AvgIpc) is 2.42. The maximum atomic E-state index is 11.8. The molecule has 0 aliphatic carbocycles. The van der Waals surface area contributed by atoms with E-state index in [0.29, 0.717) is 20.8 Å². The van der Waals surface area contributed by atoms with Crippen LogP contribution in [0.5, 0.6) is 0 Å². The molecule has 0 aromatic heterocycles. The highest BCUT2D eigenvalue weighted by Gasteiger charge is 2.02. The van der Waals surface area contributed by atoms with Crippen LogP contribution in [-0.4, -0.2) is 5.91 Å². The van der Waals surface area contributed by atoms with Gasteiger partial charge in [-0.3, -0.25) is 4.79 Å². The summed E-state index contributed by atoms with van der Waals surface area (Å²) in [5.41, 5.74) is 1.35. The van der Waals surface area contributed by atoms with Gasteiger partial charge in [0.1, 0.15) is 0 Å². The molecule has 20 heavy (non-hydrogen) atoms. The zero-order valence-electron chi connectivity index (χ0n) is 10.2. The van der Waals surface area contributed by atoms with E-state index in [9.17, 15) is 4.79 Å². The first-order valence-electron chi connectivity index (χ1n) is 5.75. The third-order valence-corrected chi connectivity index (χ3v) is 3.59. The fraction of sp³-hybridized carbons (Fsp3) is 0. The smallest absolute Gasteiger partial charge is 0.248 e. The van der Waals surface area contributed by atoms with Gasteiger partial charge in [-0.15, -0.1) is 0 Å². The van der Waals surface area contributed by atoms with E-state index in [4.69, 9.17) is 34.8 Å². The normalized spacial score (nSPS) is 10.8. The lowest BCUT2D eigenvalue weighted by atomic mass is 10.2. The van der Waals surface area contributed by atoms with E-state index in [1.54, 1.807) is 30.3 Å². The first-order chi connectivity index (χ1) is 9.56. The molecule has 0 fully saturated rings. The summed E-state index contributed by atoms with van der Waals surface area (Å²) in [6.45, 7) is 0. The predicted molar refractivity (Wildman–Crippen MR) is 85.6 cm³/mol. The molecule has 0 aliphatic rings. The van der Waals surface area contributed by atoms with Gasteiger partial charge in [-0.2, -0.15) is 0 Å². The highest BCUT2D eigenvalue weighted by molar-refractivity contribution is 6.42. The number of hydrogen-bond donors (Lipinski definition) is 1. The minimum Gasteiger partial charge on any atom is -0.322 e. The Morgan fingerprint density at radius 2 is 1.70 bits per heavy atom. The first kappa shape index (κ1) is 14.9. The number of anilines is 1. The quantitative estimate of drug-likeness (QED) is 0.762. The fourth-order valence-corrected chi connectivity index (χ4v) is 2.03. The molecule has 102 valence electrons. The maximum Gasteiger partial charge on any atom is 0.248 e. The van der Waals surface area contributed by atoms with Gasteiger partial charge in [0.15, 0.2) is 0 Å². The van der Waals surface area contributed by atoms with Crippen molar-refractivity contribution in [2.45, 2.75) is 0 Å². The van der Waals surface area contributed by atoms with Crippen molar-refractivity contribution in [3.8, 4) is 0 Å². The second-order valence-electron chi connectivity index (χ2n) is 3.97. The van der Waals surface area contributed by atoms with Crippen LogP contribution in [0.25, 0.3) is 6.08 Å². The molecule has 2 rings (SSSR count). The second-order valence-corrected chi connectivity index (χ2v) is 5.19. The molecular weight excluding hydrogens is 317 g/mol. The number of nitrogens with one attached hydrogen (secondary N) is 1. The van der Waals surface area contributed by atoms with Crippen LogP contribution in [0.1, 0.15) is 5.56 Å². The molecule has 1 amide bonds. The van der Waals surface area contributed by atoms with E-state index in [2.05, 4.69) is 5.32 Å². The SMILES string of the molecule is O=C(/C=C/c1ccccc1Cl)Nc1ccc(Cl)c(Cl)c1. The van der Waals surface area contributed by atoms with Crippen molar-refractivity contribution in [1.82, 2.24) is 0 Å². The number of amides is 1. The van der Waals surface area contributed by atoms with Crippen molar-refractivity contribution in [3.63, 3.8) is 0 Å². The van der Waals surface area contributed by atoms with E-state index >= 15 is 0 Å². The van der Waals surface area contributed by atoms with E-state index in [1.807, 2.05) is 18.2 Å². The zero-order chi connectivity index (χ0) is 14.5. The largest absolute Gasteiger partial charge is 0.322 e. The zero-order valence-corrected chi connectivity index (χ0v) is 12.5. The number of hydrogen-bond acceptors (Lipinski definition) is 1. The Labute approximate surface area is 132 Å². The van der Waals surface area contributed by atoms with Gasteiger partial charge in [0, 0.05) is 16.8 Å². The topological polar surface area (TPSA) is 29.1 Å². The van der Waals surface area contributed by atoms with Crippen molar-refractivity contribution >= 4 is 52.5 Å².